The van der Waals surface area contributed by atoms with Gasteiger partial charge in [-0.25, -0.2) is 0 Å². The maximum absolute atomic E-state index is 12.6. The summed E-state index contributed by atoms with van der Waals surface area (Å²) >= 11 is 0. The summed E-state index contributed by atoms with van der Waals surface area (Å²) in [4.78, 5) is 14.8. The molecule has 0 saturated heterocycles. The lowest BCUT2D eigenvalue weighted by atomic mass is 9.78. The van der Waals surface area contributed by atoms with Crippen molar-refractivity contribution in [1.29, 1.82) is 0 Å². The minimum Gasteiger partial charge on any atom is -0.398 e. The number of methoxy groups -OCH3 is 1. The Hall–Kier alpha value is -1.75. The number of hydrogen-bond acceptors (Lipinski definition) is 4. The van der Waals surface area contributed by atoms with Crippen molar-refractivity contribution in [1.82, 2.24) is 5.32 Å². The van der Waals surface area contributed by atoms with E-state index in [2.05, 4.69) is 24.2 Å². The summed E-state index contributed by atoms with van der Waals surface area (Å²) in [7, 11) is 3.81. The Morgan fingerprint density at radius 2 is 2.17 bits per heavy atom. The Morgan fingerprint density at radius 1 is 1.42 bits per heavy atom. The van der Waals surface area contributed by atoms with Gasteiger partial charge in [0.1, 0.15) is 0 Å². The number of nitrogens with two attached hydrogens (primary N) is 1. The van der Waals surface area contributed by atoms with Crippen LogP contribution in [0.15, 0.2) is 18.2 Å². The van der Waals surface area contributed by atoms with Gasteiger partial charge in [-0.05, 0) is 49.3 Å². The van der Waals surface area contributed by atoms with Crippen molar-refractivity contribution >= 4 is 17.3 Å². The number of unbranched alkanes of at least 4 members (excludes halogenated alkanes) is 1. The molecule has 3 rings (SSSR count). The zero-order valence-electron chi connectivity index (χ0n) is 15.0. The molecule has 5 heteroatoms. The van der Waals surface area contributed by atoms with Gasteiger partial charge in [0.25, 0.3) is 5.91 Å². The molecule has 24 heavy (non-hydrogen) atoms. The summed E-state index contributed by atoms with van der Waals surface area (Å²) in [5.74, 6) is -0.0546. The van der Waals surface area contributed by atoms with Crippen molar-refractivity contribution in [2.45, 2.75) is 51.2 Å². The molecule has 3 N–H and O–H groups in total. The molecule has 0 aliphatic heterocycles. The normalized spacial score (nSPS) is 27.6. The van der Waals surface area contributed by atoms with E-state index in [0.29, 0.717) is 22.8 Å². The molecule has 0 heterocycles. The SMILES string of the molecule is CCCCN(C)c1ccc(N)c(C(=O)NC2CC23CC(OC)C3)c1. The van der Waals surface area contributed by atoms with Crippen molar-refractivity contribution in [3.05, 3.63) is 23.8 Å². The first kappa shape index (κ1) is 17.1. The fraction of sp³-hybridized carbons (Fsp3) is 0.632. The van der Waals surface area contributed by atoms with Crippen LogP contribution in [0, 0.1) is 5.41 Å². The van der Waals surface area contributed by atoms with Crippen molar-refractivity contribution in [2.75, 3.05) is 31.3 Å². The van der Waals surface area contributed by atoms with E-state index in [1.165, 1.54) is 0 Å². The summed E-state index contributed by atoms with van der Waals surface area (Å²) in [5, 5.41) is 3.16. The molecule has 2 fully saturated rings. The molecule has 1 amide bonds. The fourth-order valence-corrected chi connectivity index (χ4v) is 3.76. The van der Waals surface area contributed by atoms with E-state index >= 15 is 0 Å². The molecule has 0 radical (unpaired) electrons. The van der Waals surface area contributed by atoms with E-state index in [4.69, 9.17) is 10.5 Å². The Labute approximate surface area is 144 Å². The quantitative estimate of drug-likeness (QED) is 0.754. The summed E-state index contributed by atoms with van der Waals surface area (Å²) in [6.45, 7) is 3.15. The standard InChI is InChI=1S/C19H29N3O2/c1-4-5-8-22(2)13-6-7-16(20)15(9-13)18(23)21-17-12-19(17)10-14(11-19)24-3/h6-7,9,14,17H,4-5,8,10-12,20H2,1-3H3,(H,21,23). The third-order valence-corrected chi connectivity index (χ3v) is 5.67. The lowest BCUT2D eigenvalue weighted by Gasteiger charge is -2.35. The third-order valence-electron chi connectivity index (χ3n) is 5.67. The highest BCUT2D eigenvalue weighted by Gasteiger charge is 2.62. The molecule has 132 valence electrons. The van der Waals surface area contributed by atoms with Gasteiger partial charge in [0.2, 0.25) is 0 Å². The van der Waals surface area contributed by atoms with Crippen LogP contribution in [0.5, 0.6) is 0 Å². The molecule has 1 aromatic rings. The topological polar surface area (TPSA) is 67.6 Å². The highest BCUT2D eigenvalue weighted by atomic mass is 16.5. The van der Waals surface area contributed by atoms with Crippen molar-refractivity contribution in [2.24, 2.45) is 5.41 Å². The summed E-state index contributed by atoms with van der Waals surface area (Å²) < 4.78 is 5.35. The number of nitrogens with zero attached hydrogens (tertiary/aromatic N) is 1. The van der Waals surface area contributed by atoms with Gasteiger partial charge in [0, 0.05) is 38.1 Å². The van der Waals surface area contributed by atoms with Gasteiger partial charge < -0.3 is 20.7 Å². The lowest BCUT2D eigenvalue weighted by Crippen LogP contribution is -2.39. The smallest absolute Gasteiger partial charge is 0.253 e. The van der Waals surface area contributed by atoms with Gasteiger partial charge in [-0.3, -0.25) is 4.79 Å². The largest absolute Gasteiger partial charge is 0.398 e. The molecule has 0 aromatic heterocycles. The van der Waals surface area contributed by atoms with Crippen LogP contribution in [0.2, 0.25) is 0 Å². The Balaban J connectivity index is 1.62. The summed E-state index contributed by atoms with van der Waals surface area (Å²) in [5.41, 5.74) is 8.50. The number of hydrogen-bond donors (Lipinski definition) is 2. The van der Waals surface area contributed by atoms with Crippen LogP contribution in [0.1, 0.15) is 49.4 Å². The number of amides is 1. The monoisotopic (exact) mass is 331 g/mol. The molecular formula is C19H29N3O2. The van der Waals surface area contributed by atoms with Crippen LogP contribution in [-0.4, -0.2) is 38.8 Å². The van der Waals surface area contributed by atoms with Gasteiger partial charge >= 0.3 is 0 Å². The molecular weight excluding hydrogens is 302 g/mol. The van der Waals surface area contributed by atoms with Gasteiger partial charge in [0.05, 0.1) is 11.7 Å². The molecule has 5 nitrogen and oxygen atoms in total. The van der Waals surface area contributed by atoms with Crippen LogP contribution in [0.25, 0.3) is 0 Å². The second kappa shape index (κ2) is 6.63. The van der Waals surface area contributed by atoms with E-state index in [9.17, 15) is 4.79 Å². The van der Waals surface area contributed by atoms with Gasteiger partial charge in [-0.1, -0.05) is 13.3 Å². The number of carbonyl (C=O) groups excluding carboxylic acids is 1. The number of anilines is 2. The average molecular weight is 331 g/mol. The number of nitrogens with one attached hydrogen (secondary N) is 1. The van der Waals surface area contributed by atoms with Crippen molar-refractivity contribution < 1.29 is 9.53 Å². The minimum absolute atomic E-state index is 0.0546. The predicted molar refractivity (Wildman–Crippen MR) is 97.4 cm³/mol. The van der Waals surface area contributed by atoms with E-state index in [-0.39, 0.29) is 11.9 Å². The van der Waals surface area contributed by atoms with E-state index < -0.39 is 0 Å². The van der Waals surface area contributed by atoms with Crippen LogP contribution >= 0.6 is 0 Å². The number of benzene rings is 1. The number of carbonyl (C=O) groups is 1. The molecule has 2 aliphatic carbocycles. The van der Waals surface area contributed by atoms with Gasteiger partial charge in [0.15, 0.2) is 0 Å². The first-order valence-corrected chi connectivity index (χ1v) is 8.93. The van der Waals surface area contributed by atoms with E-state index in [0.717, 1.165) is 44.3 Å². The molecule has 2 saturated carbocycles. The Morgan fingerprint density at radius 3 is 2.83 bits per heavy atom. The highest BCUT2D eigenvalue weighted by molar-refractivity contribution is 6.00. The number of nitrogen functional groups attached to an aromatic ring is 1. The average Bonchev–Trinajstić information content (AvgIpc) is 3.25. The first-order valence-electron chi connectivity index (χ1n) is 8.93. The van der Waals surface area contributed by atoms with Gasteiger partial charge in [-0.2, -0.15) is 0 Å². The van der Waals surface area contributed by atoms with Gasteiger partial charge in [-0.15, -0.1) is 0 Å². The minimum atomic E-state index is -0.0546. The van der Waals surface area contributed by atoms with Crippen molar-refractivity contribution in [3.8, 4) is 0 Å². The predicted octanol–water partition coefficient (Wildman–Crippen LogP) is 2.80. The van der Waals surface area contributed by atoms with Crippen LogP contribution in [0.4, 0.5) is 11.4 Å². The lowest BCUT2D eigenvalue weighted by molar-refractivity contribution is -0.0140. The summed E-state index contributed by atoms with van der Waals surface area (Å²) in [6, 6.07) is 6.00. The molecule has 2 aliphatic rings. The van der Waals surface area contributed by atoms with Crippen molar-refractivity contribution in [3.63, 3.8) is 0 Å². The zero-order valence-corrected chi connectivity index (χ0v) is 15.0. The molecule has 1 atom stereocenters. The maximum Gasteiger partial charge on any atom is 0.253 e. The highest BCUT2D eigenvalue weighted by Crippen LogP contribution is 2.61. The number of rotatable bonds is 7. The molecule has 0 bridgehead atoms. The van der Waals surface area contributed by atoms with Crippen LogP contribution in [0.3, 0.4) is 0 Å². The fourth-order valence-electron chi connectivity index (χ4n) is 3.76. The van der Waals surface area contributed by atoms with E-state index in [1.807, 2.05) is 18.2 Å². The molecule has 1 aromatic carbocycles. The molecule has 1 unspecified atom stereocenters. The Kier molecular flexibility index (Phi) is 4.72. The molecule has 1 spiro atoms. The van der Waals surface area contributed by atoms with Crippen LogP contribution in [-0.2, 0) is 4.74 Å². The number of ether oxygens (including phenoxy) is 1. The summed E-state index contributed by atoms with van der Waals surface area (Å²) in [6.07, 6.45) is 5.83. The third kappa shape index (κ3) is 3.22. The van der Waals surface area contributed by atoms with E-state index in [1.54, 1.807) is 7.11 Å². The second-order valence-electron chi connectivity index (χ2n) is 7.41. The zero-order chi connectivity index (χ0) is 17.3. The van der Waals surface area contributed by atoms with Crippen LogP contribution < -0.4 is 16.0 Å². The first-order chi connectivity index (χ1) is 11.5. The second-order valence-corrected chi connectivity index (χ2v) is 7.41. The maximum atomic E-state index is 12.6. The Bertz CT molecular complexity index is 611.